The first-order valence-corrected chi connectivity index (χ1v) is 15.3. The fourth-order valence-corrected chi connectivity index (χ4v) is 3.73. The van der Waals surface area contributed by atoms with E-state index >= 15 is 0 Å². The third-order valence-corrected chi connectivity index (χ3v) is 6.11. The number of hydrogen-bond acceptors (Lipinski definition) is 3. The monoisotopic (exact) mass is 539 g/mol. The molecule has 1 amide bonds. The molecule has 2 atom stereocenters. The second-order valence-corrected chi connectivity index (χ2v) is 9.77. The number of carbonyl (C=O) groups is 1. The van der Waals surface area contributed by atoms with Gasteiger partial charge in [0.25, 0.3) is 0 Å². The quantitative estimate of drug-likeness (QED) is 0.0803. The number of amides is 1. The molecule has 2 unspecified atom stereocenters. The molecule has 0 aliphatic heterocycles. The van der Waals surface area contributed by atoms with E-state index in [1.54, 1.807) is 6.08 Å². The van der Waals surface area contributed by atoms with Crippen molar-refractivity contribution in [3.05, 3.63) is 85.1 Å². The van der Waals surface area contributed by atoms with Gasteiger partial charge >= 0.3 is 0 Å². The topological polar surface area (TPSA) is 69.6 Å². The summed E-state index contributed by atoms with van der Waals surface area (Å²) in [6, 6.07) is -0.657. The molecular weight excluding hydrogens is 482 g/mol. The minimum Gasteiger partial charge on any atom is -0.394 e. The number of aliphatic hydroxyl groups excluding tert-OH is 2. The van der Waals surface area contributed by atoms with Crippen molar-refractivity contribution in [3.8, 4) is 0 Å². The summed E-state index contributed by atoms with van der Waals surface area (Å²) in [5.74, 6) is -0.116. The highest BCUT2D eigenvalue weighted by Gasteiger charge is 2.17. The Morgan fingerprint density at radius 1 is 0.641 bits per heavy atom. The molecule has 0 aliphatic carbocycles. The minimum absolute atomic E-state index is 0.116. The van der Waals surface area contributed by atoms with Crippen molar-refractivity contribution < 1.29 is 15.0 Å². The molecule has 0 rings (SSSR count). The van der Waals surface area contributed by atoms with Crippen LogP contribution >= 0.6 is 0 Å². The predicted octanol–water partition coefficient (Wildman–Crippen LogP) is 8.61. The highest BCUT2D eigenvalue weighted by atomic mass is 16.3. The molecule has 0 bridgehead atoms. The number of rotatable bonds is 25. The van der Waals surface area contributed by atoms with Gasteiger partial charge in [-0.25, -0.2) is 0 Å². The lowest BCUT2D eigenvalue weighted by atomic mass is 10.1. The lowest BCUT2D eigenvalue weighted by Gasteiger charge is -2.19. The van der Waals surface area contributed by atoms with Crippen LogP contribution < -0.4 is 5.32 Å². The molecule has 0 aliphatic rings. The number of unbranched alkanes of at least 4 members (excludes halogenated alkanes) is 6. The summed E-state index contributed by atoms with van der Waals surface area (Å²) >= 11 is 0. The van der Waals surface area contributed by atoms with Crippen LogP contribution in [0.4, 0.5) is 0 Å². The van der Waals surface area contributed by atoms with Gasteiger partial charge < -0.3 is 15.5 Å². The Hall–Kier alpha value is -2.43. The van der Waals surface area contributed by atoms with Crippen molar-refractivity contribution in [2.45, 2.75) is 122 Å². The summed E-state index contributed by atoms with van der Waals surface area (Å²) in [6.07, 6.45) is 43.8. The SMILES string of the molecule is CC/C=C\C/C=C\C/C=C\C/C=C\C/C=C\CCCCCC(=O)NC(CO)C(O)/C=C/CC/C=C/CCCC. The second-order valence-electron chi connectivity index (χ2n) is 9.77. The van der Waals surface area contributed by atoms with Crippen LogP contribution in [0.15, 0.2) is 85.1 Å². The van der Waals surface area contributed by atoms with Gasteiger partial charge in [-0.15, -0.1) is 0 Å². The van der Waals surface area contributed by atoms with Gasteiger partial charge in [0.1, 0.15) is 0 Å². The Kier molecular flexibility index (Phi) is 28.2. The predicted molar refractivity (Wildman–Crippen MR) is 170 cm³/mol. The molecule has 4 heteroatoms. The van der Waals surface area contributed by atoms with Crippen LogP contribution in [0.3, 0.4) is 0 Å². The van der Waals surface area contributed by atoms with Crippen LogP contribution in [-0.2, 0) is 4.79 Å². The zero-order valence-corrected chi connectivity index (χ0v) is 24.9. The molecule has 0 radical (unpaired) electrons. The highest BCUT2D eigenvalue weighted by molar-refractivity contribution is 5.76. The number of hydrogen-bond donors (Lipinski definition) is 3. The van der Waals surface area contributed by atoms with Crippen LogP contribution in [0.1, 0.15) is 110 Å². The van der Waals surface area contributed by atoms with E-state index in [2.05, 4.69) is 92.1 Å². The Morgan fingerprint density at radius 2 is 1.15 bits per heavy atom. The molecule has 0 aromatic carbocycles. The molecule has 220 valence electrons. The molecular formula is C35H57NO3. The molecule has 0 aromatic heterocycles. The summed E-state index contributed by atoms with van der Waals surface area (Å²) in [6.45, 7) is 4.05. The lowest BCUT2D eigenvalue weighted by molar-refractivity contribution is -0.123. The Bertz CT molecular complexity index is 758. The number of allylic oxidation sites excluding steroid dienone is 13. The first-order chi connectivity index (χ1) is 19.2. The van der Waals surface area contributed by atoms with Crippen molar-refractivity contribution in [3.63, 3.8) is 0 Å². The zero-order valence-electron chi connectivity index (χ0n) is 24.9. The smallest absolute Gasteiger partial charge is 0.220 e. The van der Waals surface area contributed by atoms with E-state index in [0.29, 0.717) is 6.42 Å². The van der Waals surface area contributed by atoms with Gasteiger partial charge in [0.2, 0.25) is 5.91 Å². The molecule has 0 aromatic rings. The average Bonchev–Trinajstić information content (AvgIpc) is 2.94. The van der Waals surface area contributed by atoms with E-state index in [1.165, 1.54) is 12.8 Å². The number of carbonyl (C=O) groups excluding carboxylic acids is 1. The molecule has 3 N–H and O–H groups in total. The Morgan fingerprint density at radius 3 is 1.74 bits per heavy atom. The zero-order chi connectivity index (χ0) is 28.7. The summed E-state index contributed by atoms with van der Waals surface area (Å²) in [7, 11) is 0. The minimum atomic E-state index is -0.877. The maximum atomic E-state index is 12.2. The maximum absolute atomic E-state index is 12.2. The molecule has 0 saturated carbocycles. The van der Waals surface area contributed by atoms with Gasteiger partial charge in [-0.3, -0.25) is 4.79 Å². The fraction of sp³-hybridized carbons (Fsp3) is 0.571. The fourth-order valence-electron chi connectivity index (χ4n) is 3.73. The Balaban J connectivity index is 3.82. The van der Waals surface area contributed by atoms with Gasteiger partial charge in [0, 0.05) is 6.42 Å². The van der Waals surface area contributed by atoms with Gasteiger partial charge in [0.15, 0.2) is 0 Å². The van der Waals surface area contributed by atoms with Gasteiger partial charge in [-0.05, 0) is 70.6 Å². The molecule has 0 spiro atoms. The summed E-state index contributed by atoms with van der Waals surface area (Å²) < 4.78 is 0. The Labute approximate surface area is 240 Å². The van der Waals surface area contributed by atoms with Crippen LogP contribution in [0.2, 0.25) is 0 Å². The largest absolute Gasteiger partial charge is 0.394 e. The van der Waals surface area contributed by atoms with Crippen LogP contribution in [0, 0.1) is 0 Å². The van der Waals surface area contributed by atoms with E-state index in [4.69, 9.17) is 0 Å². The van der Waals surface area contributed by atoms with Gasteiger partial charge in [-0.2, -0.15) is 0 Å². The molecule has 39 heavy (non-hydrogen) atoms. The average molecular weight is 540 g/mol. The van der Waals surface area contributed by atoms with Crippen molar-refractivity contribution in [1.82, 2.24) is 5.32 Å². The van der Waals surface area contributed by atoms with E-state index in [0.717, 1.165) is 77.0 Å². The van der Waals surface area contributed by atoms with E-state index in [-0.39, 0.29) is 12.5 Å². The summed E-state index contributed by atoms with van der Waals surface area (Å²) in [5.41, 5.74) is 0. The van der Waals surface area contributed by atoms with Crippen LogP contribution in [0.25, 0.3) is 0 Å². The number of nitrogens with one attached hydrogen (secondary N) is 1. The molecule has 4 nitrogen and oxygen atoms in total. The van der Waals surface area contributed by atoms with Crippen molar-refractivity contribution in [2.75, 3.05) is 6.61 Å². The molecule has 0 saturated heterocycles. The van der Waals surface area contributed by atoms with Crippen molar-refractivity contribution in [2.24, 2.45) is 0 Å². The van der Waals surface area contributed by atoms with Crippen molar-refractivity contribution in [1.29, 1.82) is 0 Å². The second kappa shape index (κ2) is 30.1. The van der Waals surface area contributed by atoms with Crippen molar-refractivity contribution >= 4 is 5.91 Å². The van der Waals surface area contributed by atoms with Gasteiger partial charge in [0.05, 0.1) is 18.8 Å². The normalized spacial score (nSPS) is 14.5. The number of aliphatic hydroxyl groups is 2. The lowest BCUT2D eigenvalue weighted by Crippen LogP contribution is -2.45. The van der Waals surface area contributed by atoms with E-state index in [1.807, 2.05) is 6.08 Å². The standard InChI is InChI=1S/C35H57NO3/c1-3-5-7-9-11-13-14-15-16-17-18-19-20-21-22-23-25-27-29-31-35(39)36-33(32-37)34(38)30-28-26-24-12-10-8-6-4-2/h5,7,10-13,15-16,18-19,21-22,28,30,33-34,37-38H,3-4,6,8-9,14,17,20,23-27,29,31-32H2,1-2H3,(H,36,39)/b7-5-,12-10+,13-11-,16-15-,19-18-,22-21-,30-28+. The van der Waals surface area contributed by atoms with Crippen LogP contribution in [-0.4, -0.2) is 34.9 Å². The third-order valence-electron chi connectivity index (χ3n) is 6.11. The molecule has 0 fully saturated rings. The first kappa shape index (κ1) is 36.6. The van der Waals surface area contributed by atoms with E-state index in [9.17, 15) is 15.0 Å². The maximum Gasteiger partial charge on any atom is 0.220 e. The van der Waals surface area contributed by atoms with Crippen LogP contribution in [0.5, 0.6) is 0 Å². The van der Waals surface area contributed by atoms with E-state index < -0.39 is 12.1 Å². The first-order valence-electron chi connectivity index (χ1n) is 15.3. The highest BCUT2D eigenvalue weighted by Crippen LogP contribution is 2.06. The molecule has 0 heterocycles. The van der Waals surface area contributed by atoms with Gasteiger partial charge in [-0.1, -0.05) is 118 Å². The third kappa shape index (κ3) is 26.9. The summed E-state index contributed by atoms with van der Waals surface area (Å²) in [4.78, 5) is 12.2. The summed E-state index contributed by atoms with van der Waals surface area (Å²) in [5, 5.41) is 22.6.